The maximum absolute atomic E-state index is 5.84. The van der Waals surface area contributed by atoms with Crippen LogP contribution in [0.25, 0.3) is 11.2 Å². The molecule has 0 bridgehead atoms. The molecule has 1 atom stereocenters. The van der Waals surface area contributed by atoms with Gasteiger partial charge in [-0.25, -0.2) is 0 Å². The predicted molar refractivity (Wildman–Crippen MR) is 86.2 cm³/mol. The number of imidazole rings is 1. The highest BCUT2D eigenvalue weighted by molar-refractivity contribution is 7.71. The third kappa shape index (κ3) is 2.55. The van der Waals surface area contributed by atoms with E-state index in [0.717, 1.165) is 53.9 Å². The first kappa shape index (κ1) is 14.8. The standard InChI is InChI=1S/C15H24N4OS/c1-5-6-11-12-13(18(4)17-11)19(14(21)16-12)10-7-8-20-15(2,3)9-10/h10H,5-9H2,1-4H3,(H,16,21). The molecule has 0 saturated carbocycles. The zero-order valence-corrected chi connectivity index (χ0v) is 14.1. The monoisotopic (exact) mass is 308 g/mol. The SMILES string of the molecule is CCCc1nn(C)c2c1[nH]c(=S)n2C1CCOC(C)(C)C1. The molecule has 3 rings (SSSR count). The first-order valence-electron chi connectivity index (χ1n) is 7.73. The second kappa shape index (κ2) is 5.25. The zero-order valence-electron chi connectivity index (χ0n) is 13.3. The van der Waals surface area contributed by atoms with E-state index in [4.69, 9.17) is 17.0 Å². The van der Waals surface area contributed by atoms with Crippen molar-refractivity contribution in [2.24, 2.45) is 7.05 Å². The summed E-state index contributed by atoms with van der Waals surface area (Å²) < 4.78 is 10.9. The lowest BCUT2D eigenvalue weighted by Crippen LogP contribution is -2.35. The van der Waals surface area contributed by atoms with E-state index in [1.165, 1.54) is 0 Å². The largest absolute Gasteiger partial charge is 0.375 e. The van der Waals surface area contributed by atoms with Gasteiger partial charge in [-0.2, -0.15) is 5.10 Å². The summed E-state index contributed by atoms with van der Waals surface area (Å²) in [7, 11) is 2.01. The Bertz CT molecular complexity index is 709. The van der Waals surface area contributed by atoms with E-state index in [0.29, 0.717) is 6.04 Å². The van der Waals surface area contributed by atoms with Gasteiger partial charge in [-0.05, 0) is 45.3 Å². The van der Waals surface area contributed by atoms with E-state index in [1.54, 1.807) is 0 Å². The summed E-state index contributed by atoms with van der Waals surface area (Å²) >= 11 is 5.59. The molecule has 0 aliphatic carbocycles. The van der Waals surface area contributed by atoms with Gasteiger partial charge in [-0.3, -0.25) is 9.25 Å². The molecule has 3 heterocycles. The van der Waals surface area contributed by atoms with Crippen LogP contribution in [0, 0.1) is 4.77 Å². The van der Waals surface area contributed by atoms with Crippen LogP contribution in [-0.4, -0.2) is 31.5 Å². The number of aryl methyl sites for hydroxylation is 2. The van der Waals surface area contributed by atoms with Crippen molar-refractivity contribution in [3.05, 3.63) is 10.5 Å². The van der Waals surface area contributed by atoms with Crippen LogP contribution >= 0.6 is 12.2 Å². The van der Waals surface area contributed by atoms with Gasteiger partial charge < -0.3 is 9.72 Å². The van der Waals surface area contributed by atoms with Crippen molar-refractivity contribution in [2.75, 3.05) is 6.61 Å². The van der Waals surface area contributed by atoms with Gasteiger partial charge in [0.2, 0.25) is 0 Å². The van der Waals surface area contributed by atoms with Crippen molar-refractivity contribution in [1.29, 1.82) is 0 Å². The Hall–Kier alpha value is -1.14. The number of fused-ring (bicyclic) bond motifs is 1. The number of ether oxygens (including phenoxy) is 1. The van der Waals surface area contributed by atoms with Crippen molar-refractivity contribution in [3.63, 3.8) is 0 Å². The van der Waals surface area contributed by atoms with Crippen LogP contribution in [0.4, 0.5) is 0 Å². The van der Waals surface area contributed by atoms with Crippen LogP contribution in [0.15, 0.2) is 0 Å². The van der Waals surface area contributed by atoms with Crippen LogP contribution in [0.1, 0.15) is 51.8 Å². The van der Waals surface area contributed by atoms with Crippen molar-refractivity contribution in [3.8, 4) is 0 Å². The fraction of sp³-hybridized carbons (Fsp3) is 0.733. The minimum absolute atomic E-state index is 0.0911. The number of nitrogens with zero attached hydrogens (tertiary/aromatic N) is 3. The molecular formula is C15H24N4OS. The Labute approximate surface area is 130 Å². The lowest BCUT2D eigenvalue weighted by atomic mass is 9.94. The Balaban J connectivity index is 2.10. The molecule has 1 saturated heterocycles. The lowest BCUT2D eigenvalue weighted by molar-refractivity contribution is -0.0688. The summed E-state index contributed by atoms with van der Waals surface area (Å²) in [4.78, 5) is 3.38. The van der Waals surface area contributed by atoms with E-state index in [-0.39, 0.29) is 5.60 Å². The normalized spacial score (nSPS) is 22.0. The Kier molecular flexibility index (Phi) is 3.69. The molecule has 1 aliphatic heterocycles. The van der Waals surface area contributed by atoms with Crippen LogP contribution in [-0.2, 0) is 18.2 Å². The number of aromatic amines is 1. The van der Waals surface area contributed by atoms with Gasteiger partial charge in [0, 0.05) is 19.7 Å². The predicted octanol–water partition coefficient (Wildman–Crippen LogP) is 3.51. The maximum atomic E-state index is 5.84. The van der Waals surface area contributed by atoms with E-state index in [2.05, 4.69) is 35.4 Å². The lowest BCUT2D eigenvalue weighted by Gasteiger charge is -2.36. The average molecular weight is 308 g/mol. The summed E-state index contributed by atoms with van der Waals surface area (Å²) in [6.45, 7) is 7.26. The molecule has 0 amide bonds. The molecule has 2 aromatic heterocycles. The van der Waals surface area contributed by atoms with Gasteiger partial charge in [0.05, 0.1) is 11.3 Å². The molecule has 2 aromatic rings. The number of nitrogens with one attached hydrogen (secondary N) is 1. The smallest absolute Gasteiger partial charge is 0.179 e. The fourth-order valence-electron chi connectivity index (χ4n) is 3.41. The van der Waals surface area contributed by atoms with Gasteiger partial charge in [-0.1, -0.05) is 13.3 Å². The highest BCUT2D eigenvalue weighted by atomic mass is 32.1. The summed E-state index contributed by atoms with van der Waals surface area (Å²) in [5.41, 5.74) is 3.25. The molecule has 1 fully saturated rings. The molecule has 116 valence electrons. The minimum atomic E-state index is -0.0911. The van der Waals surface area contributed by atoms with Crippen LogP contribution in [0.2, 0.25) is 0 Å². The molecular weight excluding hydrogens is 284 g/mol. The summed E-state index contributed by atoms with van der Waals surface area (Å²) in [5, 5.41) is 4.66. The minimum Gasteiger partial charge on any atom is -0.375 e. The summed E-state index contributed by atoms with van der Waals surface area (Å²) in [6, 6.07) is 0.375. The van der Waals surface area contributed by atoms with Crippen LogP contribution < -0.4 is 0 Å². The number of aromatic nitrogens is 4. The first-order chi connectivity index (χ1) is 9.93. The highest BCUT2D eigenvalue weighted by Crippen LogP contribution is 2.34. The van der Waals surface area contributed by atoms with Crippen molar-refractivity contribution in [2.45, 2.75) is 58.1 Å². The molecule has 0 radical (unpaired) electrons. The van der Waals surface area contributed by atoms with Gasteiger partial charge in [-0.15, -0.1) is 0 Å². The van der Waals surface area contributed by atoms with Gasteiger partial charge >= 0.3 is 0 Å². The summed E-state index contributed by atoms with van der Waals surface area (Å²) in [5.74, 6) is 0. The van der Waals surface area contributed by atoms with Crippen LogP contribution in [0.3, 0.4) is 0 Å². The van der Waals surface area contributed by atoms with E-state index >= 15 is 0 Å². The number of hydrogen-bond donors (Lipinski definition) is 1. The third-order valence-electron chi connectivity index (χ3n) is 4.29. The van der Waals surface area contributed by atoms with Gasteiger partial charge in [0.1, 0.15) is 5.52 Å². The Morgan fingerprint density at radius 2 is 2.24 bits per heavy atom. The molecule has 1 N–H and O–H groups in total. The van der Waals surface area contributed by atoms with Gasteiger partial charge in [0.25, 0.3) is 0 Å². The van der Waals surface area contributed by atoms with E-state index in [1.807, 2.05) is 11.7 Å². The van der Waals surface area contributed by atoms with E-state index < -0.39 is 0 Å². The van der Waals surface area contributed by atoms with E-state index in [9.17, 15) is 0 Å². The van der Waals surface area contributed by atoms with Crippen LogP contribution in [0.5, 0.6) is 0 Å². The quantitative estimate of drug-likeness (QED) is 0.883. The molecule has 0 aromatic carbocycles. The topological polar surface area (TPSA) is 47.8 Å². The highest BCUT2D eigenvalue weighted by Gasteiger charge is 2.32. The average Bonchev–Trinajstić information content (AvgIpc) is 2.87. The van der Waals surface area contributed by atoms with Gasteiger partial charge in [0.15, 0.2) is 10.4 Å². The number of H-pyrrole nitrogens is 1. The fourth-order valence-corrected chi connectivity index (χ4v) is 3.75. The molecule has 0 spiro atoms. The van der Waals surface area contributed by atoms with Crippen molar-refractivity contribution in [1.82, 2.24) is 19.3 Å². The van der Waals surface area contributed by atoms with Crippen molar-refractivity contribution < 1.29 is 4.74 Å². The Morgan fingerprint density at radius 1 is 1.48 bits per heavy atom. The number of rotatable bonds is 3. The molecule has 1 unspecified atom stereocenters. The Morgan fingerprint density at radius 3 is 2.90 bits per heavy atom. The molecule has 21 heavy (non-hydrogen) atoms. The molecule has 6 heteroatoms. The third-order valence-corrected chi connectivity index (χ3v) is 4.59. The first-order valence-corrected chi connectivity index (χ1v) is 8.14. The van der Waals surface area contributed by atoms with Crippen molar-refractivity contribution >= 4 is 23.4 Å². The zero-order chi connectivity index (χ0) is 15.2. The second-order valence-electron chi connectivity index (χ2n) is 6.57. The molecule has 5 nitrogen and oxygen atoms in total. The maximum Gasteiger partial charge on any atom is 0.179 e. The summed E-state index contributed by atoms with van der Waals surface area (Å²) in [6.07, 6.45) is 4.04. The number of hydrogen-bond acceptors (Lipinski definition) is 3. The second-order valence-corrected chi connectivity index (χ2v) is 6.96. The molecule has 1 aliphatic rings.